The molecule has 5 nitrogen and oxygen atoms in total. The van der Waals surface area contributed by atoms with Crippen LogP contribution in [-0.2, 0) is 6.54 Å². The van der Waals surface area contributed by atoms with E-state index in [2.05, 4.69) is 36.0 Å². The number of hydrogen-bond donors (Lipinski definition) is 0. The quantitative estimate of drug-likeness (QED) is 0.854. The van der Waals surface area contributed by atoms with Crippen molar-refractivity contribution >= 4 is 11.6 Å². The summed E-state index contributed by atoms with van der Waals surface area (Å²) in [7, 11) is 2.08. The minimum absolute atomic E-state index is 0.0694. The molecule has 0 saturated carbocycles. The Kier molecular flexibility index (Phi) is 4.11. The smallest absolute Gasteiger partial charge is 0.292 e. The highest BCUT2D eigenvalue weighted by atomic mass is 16.4. The predicted molar refractivity (Wildman–Crippen MR) is 89.6 cm³/mol. The third-order valence-electron chi connectivity index (χ3n) is 4.50. The number of aromatic nitrogens is 1. The first-order valence-electron chi connectivity index (χ1n) is 8.05. The molecule has 1 atom stereocenters. The number of aryl methyl sites for hydroxylation is 2. The number of oxazole rings is 1. The molecular weight excluding hydrogens is 290 g/mol. The van der Waals surface area contributed by atoms with Gasteiger partial charge in [-0.2, -0.15) is 0 Å². The third kappa shape index (κ3) is 2.83. The van der Waals surface area contributed by atoms with E-state index in [1.165, 1.54) is 5.69 Å². The molecule has 0 N–H and O–H groups in total. The predicted octanol–water partition coefficient (Wildman–Crippen LogP) is 3.16. The molecule has 0 bridgehead atoms. The number of fused-ring (bicyclic) bond motifs is 1. The summed E-state index contributed by atoms with van der Waals surface area (Å²) in [4.78, 5) is 21.4. The SMILES string of the molecule is CC[C@H]1CN(C)c2ccccc2CN1C(=O)c1oc(C)nc1C. The maximum atomic E-state index is 13.0. The number of anilines is 1. The van der Waals surface area contributed by atoms with Crippen LogP contribution in [0.2, 0.25) is 0 Å². The van der Waals surface area contributed by atoms with Crippen LogP contribution in [0.25, 0.3) is 0 Å². The van der Waals surface area contributed by atoms with Crippen LogP contribution in [0.5, 0.6) is 0 Å². The van der Waals surface area contributed by atoms with Gasteiger partial charge in [0.1, 0.15) is 0 Å². The zero-order valence-electron chi connectivity index (χ0n) is 14.2. The second-order valence-corrected chi connectivity index (χ2v) is 6.15. The molecule has 1 amide bonds. The van der Waals surface area contributed by atoms with E-state index in [0.29, 0.717) is 23.9 Å². The zero-order chi connectivity index (χ0) is 16.6. The van der Waals surface area contributed by atoms with Crippen LogP contribution in [0.1, 0.15) is 41.0 Å². The minimum atomic E-state index is -0.0694. The molecular formula is C18H23N3O2. The number of amides is 1. The fourth-order valence-electron chi connectivity index (χ4n) is 3.29. The van der Waals surface area contributed by atoms with Gasteiger partial charge in [-0.05, 0) is 25.0 Å². The van der Waals surface area contributed by atoms with E-state index < -0.39 is 0 Å². The van der Waals surface area contributed by atoms with Gasteiger partial charge >= 0.3 is 0 Å². The van der Waals surface area contributed by atoms with Crippen LogP contribution in [0.4, 0.5) is 5.69 Å². The van der Waals surface area contributed by atoms with Gasteiger partial charge in [0.15, 0.2) is 5.89 Å². The van der Waals surface area contributed by atoms with Crippen molar-refractivity contribution in [1.29, 1.82) is 0 Å². The Morgan fingerprint density at radius 3 is 2.74 bits per heavy atom. The topological polar surface area (TPSA) is 49.6 Å². The second-order valence-electron chi connectivity index (χ2n) is 6.15. The van der Waals surface area contributed by atoms with Crippen molar-refractivity contribution in [3.8, 4) is 0 Å². The fourth-order valence-corrected chi connectivity index (χ4v) is 3.29. The lowest BCUT2D eigenvalue weighted by molar-refractivity contribution is 0.0632. The molecule has 122 valence electrons. The Bertz CT molecular complexity index is 723. The molecule has 1 aliphatic rings. The summed E-state index contributed by atoms with van der Waals surface area (Å²) in [5, 5.41) is 0. The summed E-state index contributed by atoms with van der Waals surface area (Å²) in [6, 6.07) is 8.40. The molecule has 3 rings (SSSR count). The first-order chi connectivity index (χ1) is 11.0. The normalized spacial score (nSPS) is 17.8. The van der Waals surface area contributed by atoms with Crippen LogP contribution < -0.4 is 4.90 Å². The minimum Gasteiger partial charge on any atom is -0.436 e. The van der Waals surface area contributed by atoms with Crippen LogP contribution in [0.3, 0.4) is 0 Å². The summed E-state index contributed by atoms with van der Waals surface area (Å²) in [5.74, 6) is 0.828. The Morgan fingerprint density at radius 1 is 1.35 bits per heavy atom. The van der Waals surface area contributed by atoms with Crippen LogP contribution in [0, 0.1) is 13.8 Å². The van der Waals surface area contributed by atoms with Gasteiger partial charge in [-0.3, -0.25) is 4.79 Å². The maximum Gasteiger partial charge on any atom is 0.292 e. The molecule has 0 aliphatic carbocycles. The Morgan fingerprint density at radius 2 is 2.09 bits per heavy atom. The standard InChI is InChI=1S/C18H23N3O2/c1-5-15-11-20(4)16-9-7-6-8-14(16)10-21(15)18(22)17-12(2)19-13(3)23-17/h6-9,15H,5,10-11H2,1-4H3/t15-/m0/s1. The Hall–Kier alpha value is -2.30. The van der Waals surface area contributed by atoms with E-state index >= 15 is 0 Å². The van der Waals surface area contributed by atoms with Crippen LogP contribution in [0.15, 0.2) is 28.7 Å². The van der Waals surface area contributed by atoms with Crippen molar-refractivity contribution in [2.75, 3.05) is 18.5 Å². The number of carbonyl (C=O) groups is 1. The highest BCUT2D eigenvalue weighted by Crippen LogP contribution is 2.28. The molecule has 23 heavy (non-hydrogen) atoms. The lowest BCUT2D eigenvalue weighted by Crippen LogP contribution is -2.43. The van der Waals surface area contributed by atoms with Crippen LogP contribution >= 0.6 is 0 Å². The van der Waals surface area contributed by atoms with Gasteiger partial charge in [0.05, 0.1) is 5.69 Å². The average Bonchev–Trinajstić information content (AvgIpc) is 2.80. The van der Waals surface area contributed by atoms with E-state index in [0.717, 1.165) is 18.5 Å². The highest BCUT2D eigenvalue weighted by molar-refractivity contribution is 5.93. The summed E-state index contributed by atoms with van der Waals surface area (Å²) < 4.78 is 5.56. The summed E-state index contributed by atoms with van der Waals surface area (Å²) in [6.45, 7) is 7.12. The molecule has 0 fully saturated rings. The number of para-hydroxylation sites is 1. The molecule has 0 radical (unpaired) electrons. The summed E-state index contributed by atoms with van der Waals surface area (Å²) in [5.41, 5.74) is 3.01. The first kappa shape index (κ1) is 15.6. The molecule has 2 heterocycles. The van der Waals surface area contributed by atoms with Crippen molar-refractivity contribution < 1.29 is 9.21 Å². The van der Waals surface area contributed by atoms with Crippen molar-refractivity contribution in [3.05, 3.63) is 47.2 Å². The number of likely N-dealkylation sites (N-methyl/N-ethyl adjacent to an activating group) is 1. The summed E-state index contributed by atoms with van der Waals surface area (Å²) in [6.07, 6.45) is 0.899. The number of hydrogen-bond acceptors (Lipinski definition) is 4. The number of nitrogens with zero attached hydrogens (tertiary/aromatic N) is 3. The van der Waals surface area contributed by atoms with Crippen molar-refractivity contribution in [2.45, 2.75) is 39.8 Å². The molecule has 0 saturated heterocycles. The van der Waals surface area contributed by atoms with Gasteiger partial charge in [-0.25, -0.2) is 4.98 Å². The second kappa shape index (κ2) is 6.07. The molecule has 0 unspecified atom stereocenters. The van der Waals surface area contributed by atoms with Crippen molar-refractivity contribution in [3.63, 3.8) is 0 Å². The van der Waals surface area contributed by atoms with E-state index in [9.17, 15) is 4.79 Å². The van der Waals surface area contributed by atoms with Crippen molar-refractivity contribution in [2.24, 2.45) is 0 Å². The molecule has 5 heteroatoms. The molecule has 1 aliphatic heterocycles. The largest absolute Gasteiger partial charge is 0.436 e. The number of carbonyl (C=O) groups excluding carboxylic acids is 1. The van der Waals surface area contributed by atoms with Crippen LogP contribution in [-0.4, -0.2) is 35.4 Å². The average molecular weight is 313 g/mol. The first-order valence-corrected chi connectivity index (χ1v) is 8.05. The number of benzene rings is 1. The van der Waals surface area contributed by atoms with Crippen molar-refractivity contribution in [1.82, 2.24) is 9.88 Å². The van der Waals surface area contributed by atoms with E-state index in [1.54, 1.807) is 6.92 Å². The van der Waals surface area contributed by atoms with E-state index in [-0.39, 0.29) is 11.9 Å². The van der Waals surface area contributed by atoms with Gasteiger partial charge in [-0.15, -0.1) is 0 Å². The van der Waals surface area contributed by atoms with E-state index in [1.807, 2.05) is 24.0 Å². The molecule has 1 aromatic carbocycles. The Labute approximate surface area is 136 Å². The fraction of sp³-hybridized carbons (Fsp3) is 0.444. The lowest BCUT2D eigenvalue weighted by Gasteiger charge is -2.30. The Balaban J connectivity index is 1.99. The van der Waals surface area contributed by atoms with Gasteiger partial charge in [0.2, 0.25) is 5.76 Å². The summed E-state index contributed by atoms with van der Waals surface area (Å²) >= 11 is 0. The molecule has 2 aromatic rings. The molecule has 0 spiro atoms. The third-order valence-corrected chi connectivity index (χ3v) is 4.50. The highest BCUT2D eigenvalue weighted by Gasteiger charge is 2.31. The van der Waals surface area contributed by atoms with Gasteiger partial charge in [0.25, 0.3) is 5.91 Å². The maximum absolute atomic E-state index is 13.0. The van der Waals surface area contributed by atoms with Gasteiger partial charge < -0.3 is 14.2 Å². The van der Waals surface area contributed by atoms with E-state index in [4.69, 9.17) is 4.42 Å². The van der Waals surface area contributed by atoms with Gasteiger partial charge in [0, 0.05) is 38.8 Å². The lowest BCUT2D eigenvalue weighted by atomic mass is 10.1. The monoisotopic (exact) mass is 313 g/mol. The zero-order valence-corrected chi connectivity index (χ0v) is 14.2. The van der Waals surface area contributed by atoms with Gasteiger partial charge in [-0.1, -0.05) is 25.1 Å². The number of rotatable bonds is 2. The molecule has 1 aromatic heterocycles.